The maximum atomic E-state index is 9.36. The summed E-state index contributed by atoms with van der Waals surface area (Å²) in [5.74, 6) is 2.05. The second kappa shape index (κ2) is 7.17. The first-order chi connectivity index (χ1) is 12.7. The Kier molecular flexibility index (Phi) is 4.57. The number of oxazole rings is 1. The molecule has 4 rings (SSSR count). The second-order valence-corrected chi connectivity index (χ2v) is 7.22. The zero-order chi connectivity index (χ0) is 17.9. The maximum Gasteiger partial charge on any atom is 0.193 e. The molecule has 0 saturated carbocycles. The summed E-state index contributed by atoms with van der Waals surface area (Å²) in [6, 6.07) is 10.2. The summed E-state index contributed by atoms with van der Waals surface area (Å²) in [6.45, 7) is 4.36. The molecule has 1 aliphatic heterocycles. The average Bonchev–Trinajstić information content (AvgIpc) is 3.18. The van der Waals surface area contributed by atoms with E-state index < -0.39 is 0 Å². The molecule has 1 saturated heterocycles. The molecular formula is C21H22N4O. The zero-order valence-electron chi connectivity index (χ0n) is 14.9. The van der Waals surface area contributed by atoms with Crippen LogP contribution in [0.25, 0.3) is 10.9 Å². The number of piperidine rings is 1. The predicted molar refractivity (Wildman–Crippen MR) is 101 cm³/mol. The van der Waals surface area contributed by atoms with Gasteiger partial charge in [0.05, 0.1) is 17.3 Å². The quantitative estimate of drug-likeness (QED) is 0.708. The molecule has 5 nitrogen and oxygen atoms in total. The van der Waals surface area contributed by atoms with Crippen LogP contribution >= 0.6 is 0 Å². The molecule has 5 heteroatoms. The lowest BCUT2D eigenvalue weighted by Crippen LogP contribution is -2.40. The maximum absolute atomic E-state index is 9.36. The summed E-state index contributed by atoms with van der Waals surface area (Å²) in [6.07, 6.45) is 8.29. The largest absolute Gasteiger partial charge is 0.449 e. The highest BCUT2D eigenvalue weighted by Crippen LogP contribution is 2.33. The molecule has 3 aromatic rings. The molecule has 1 aromatic carbocycles. The van der Waals surface area contributed by atoms with Crippen LogP contribution in [0.1, 0.15) is 31.2 Å². The van der Waals surface area contributed by atoms with Gasteiger partial charge in [0.25, 0.3) is 0 Å². The van der Waals surface area contributed by atoms with Crippen LogP contribution in [0.3, 0.4) is 0 Å². The van der Waals surface area contributed by atoms with Crippen molar-refractivity contribution in [2.75, 3.05) is 18.0 Å². The minimum absolute atomic E-state index is 0.605. The highest BCUT2D eigenvalue weighted by atomic mass is 16.3. The highest BCUT2D eigenvalue weighted by molar-refractivity contribution is 5.95. The molecule has 1 fully saturated rings. The lowest BCUT2D eigenvalue weighted by molar-refractivity contribution is 0.313. The molecule has 2 aromatic heterocycles. The normalized spacial score (nSPS) is 20.2. The summed E-state index contributed by atoms with van der Waals surface area (Å²) < 4.78 is 5.38. The molecule has 0 spiro atoms. The molecule has 0 bridgehead atoms. The minimum Gasteiger partial charge on any atom is -0.449 e. The summed E-state index contributed by atoms with van der Waals surface area (Å²) in [5, 5.41) is 10.4. The first-order valence-electron chi connectivity index (χ1n) is 9.15. The molecule has 132 valence electrons. The van der Waals surface area contributed by atoms with Crippen LogP contribution in [0.2, 0.25) is 0 Å². The van der Waals surface area contributed by atoms with Crippen molar-refractivity contribution in [3.05, 3.63) is 54.4 Å². The van der Waals surface area contributed by atoms with E-state index in [9.17, 15) is 5.26 Å². The predicted octanol–water partition coefficient (Wildman–Crippen LogP) is 4.19. The third-order valence-corrected chi connectivity index (χ3v) is 5.20. The molecule has 0 radical (unpaired) electrons. The monoisotopic (exact) mass is 346 g/mol. The molecule has 0 amide bonds. The third-order valence-electron chi connectivity index (χ3n) is 5.20. The lowest BCUT2D eigenvalue weighted by Gasteiger charge is -2.38. The van der Waals surface area contributed by atoms with Crippen LogP contribution in [-0.4, -0.2) is 23.1 Å². The van der Waals surface area contributed by atoms with Crippen LogP contribution in [0.15, 0.2) is 47.3 Å². The molecule has 0 N–H and O–H groups in total. The molecule has 2 atom stereocenters. The zero-order valence-corrected chi connectivity index (χ0v) is 14.9. The number of rotatable bonds is 4. The van der Waals surface area contributed by atoms with Crippen molar-refractivity contribution >= 4 is 16.6 Å². The smallest absolute Gasteiger partial charge is 0.193 e. The highest BCUT2D eigenvalue weighted by Gasteiger charge is 2.26. The average molecular weight is 346 g/mol. The van der Waals surface area contributed by atoms with Gasteiger partial charge in [0.1, 0.15) is 12.3 Å². The number of anilines is 1. The molecule has 26 heavy (non-hydrogen) atoms. The van der Waals surface area contributed by atoms with Gasteiger partial charge in [-0.2, -0.15) is 5.26 Å². The van der Waals surface area contributed by atoms with Gasteiger partial charge in [-0.3, -0.25) is 4.98 Å². The van der Waals surface area contributed by atoms with Crippen molar-refractivity contribution in [2.45, 2.75) is 26.2 Å². The summed E-state index contributed by atoms with van der Waals surface area (Å²) in [5.41, 5.74) is 2.61. The van der Waals surface area contributed by atoms with Gasteiger partial charge in [-0.1, -0.05) is 6.92 Å². The number of fused-ring (bicyclic) bond motifs is 1. The fourth-order valence-corrected chi connectivity index (χ4v) is 4.11. The summed E-state index contributed by atoms with van der Waals surface area (Å²) in [4.78, 5) is 11.1. The van der Waals surface area contributed by atoms with E-state index in [0.717, 1.165) is 42.7 Å². The minimum atomic E-state index is 0.605. The van der Waals surface area contributed by atoms with Crippen LogP contribution < -0.4 is 4.90 Å². The van der Waals surface area contributed by atoms with Crippen molar-refractivity contribution in [3.63, 3.8) is 0 Å². The van der Waals surface area contributed by atoms with Crippen LogP contribution in [0.4, 0.5) is 5.69 Å². The molecule has 0 unspecified atom stereocenters. The third kappa shape index (κ3) is 3.28. The number of nitrogens with zero attached hydrogens (tertiary/aromatic N) is 4. The Bertz CT molecular complexity index is 929. The summed E-state index contributed by atoms with van der Waals surface area (Å²) in [7, 11) is 0. The Morgan fingerprint density at radius 1 is 1.23 bits per heavy atom. The number of hydrogen-bond donors (Lipinski definition) is 0. The lowest BCUT2D eigenvalue weighted by atomic mass is 9.86. The number of aromatic nitrogens is 2. The number of benzene rings is 1. The number of hydrogen-bond acceptors (Lipinski definition) is 5. The summed E-state index contributed by atoms with van der Waals surface area (Å²) >= 11 is 0. The van der Waals surface area contributed by atoms with E-state index >= 15 is 0 Å². The number of nitriles is 1. The van der Waals surface area contributed by atoms with Gasteiger partial charge in [-0.15, -0.1) is 0 Å². The molecular weight excluding hydrogens is 324 g/mol. The fraction of sp³-hybridized carbons (Fsp3) is 0.381. The van der Waals surface area contributed by atoms with Crippen molar-refractivity contribution in [3.8, 4) is 6.07 Å². The fourth-order valence-electron chi connectivity index (χ4n) is 4.11. The van der Waals surface area contributed by atoms with E-state index in [1.165, 1.54) is 12.1 Å². The topological polar surface area (TPSA) is 66.0 Å². The molecule has 0 aliphatic carbocycles. The standard InChI is InChI=1S/C21H22N4O/c1-15-11-16(4-7-20-23-9-10-26-20)14-25(13-15)19-6-5-17(12-22)21-18(19)3-2-8-24-21/h2-3,5-6,8-10,15-16H,4,7,11,13-14H2,1H3/t15-,16+/m0/s1. The Labute approximate surface area is 153 Å². The Morgan fingerprint density at radius 3 is 2.96 bits per heavy atom. The number of pyridine rings is 1. The first kappa shape index (κ1) is 16.6. The van der Waals surface area contributed by atoms with E-state index in [1.807, 2.05) is 12.1 Å². The van der Waals surface area contributed by atoms with Gasteiger partial charge in [0, 0.05) is 36.8 Å². The first-order valence-corrected chi connectivity index (χ1v) is 9.15. The van der Waals surface area contributed by atoms with Crippen LogP contribution in [0, 0.1) is 23.2 Å². The van der Waals surface area contributed by atoms with E-state index in [2.05, 4.69) is 40.0 Å². The second-order valence-electron chi connectivity index (χ2n) is 7.22. The SMILES string of the molecule is C[C@H]1C[C@@H](CCc2ncco2)CN(c2ccc(C#N)c3ncccc23)C1. The Hall–Kier alpha value is -2.87. The van der Waals surface area contributed by atoms with Gasteiger partial charge in [0.2, 0.25) is 0 Å². The molecule has 3 heterocycles. The molecule has 1 aliphatic rings. The Morgan fingerprint density at radius 2 is 2.15 bits per heavy atom. The Balaban J connectivity index is 1.59. The van der Waals surface area contributed by atoms with Crippen molar-refractivity contribution in [1.29, 1.82) is 5.26 Å². The van der Waals surface area contributed by atoms with Crippen LogP contribution in [-0.2, 0) is 6.42 Å². The van der Waals surface area contributed by atoms with Crippen LogP contribution in [0.5, 0.6) is 0 Å². The van der Waals surface area contributed by atoms with Gasteiger partial charge in [-0.25, -0.2) is 4.98 Å². The van der Waals surface area contributed by atoms with E-state index in [4.69, 9.17) is 4.42 Å². The van der Waals surface area contributed by atoms with Crippen molar-refractivity contribution < 1.29 is 4.42 Å². The van der Waals surface area contributed by atoms with Gasteiger partial charge in [-0.05, 0) is 48.9 Å². The van der Waals surface area contributed by atoms with Gasteiger partial charge in [0.15, 0.2) is 5.89 Å². The van der Waals surface area contributed by atoms with Crippen molar-refractivity contribution in [2.24, 2.45) is 11.8 Å². The van der Waals surface area contributed by atoms with Gasteiger partial charge < -0.3 is 9.32 Å². The van der Waals surface area contributed by atoms with E-state index in [0.29, 0.717) is 17.4 Å². The van der Waals surface area contributed by atoms with Crippen molar-refractivity contribution in [1.82, 2.24) is 9.97 Å². The van der Waals surface area contributed by atoms with E-state index in [1.54, 1.807) is 18.7 Å². The van der Waals surface area contributed by atoms with E-state index in [-0.39, 0.29) is 0 Å². The number of aryl methyl sites for hydroxylation is 1. The van der Waals surface area contributed by atoms with Gasteiger partial charge >= 0.3 is 0 Å².